The predicted molar refractivity (Wildman–Crippen MR) is 86.4 cm³/mol. The molecular weight excluding hydrogens is 262 g/mol. The summed E-state index contributed by atoms with van der Waals surface area (Å²) in [7, 11) is 2.32. The Bertz CT molecular complexity index is 349. The first kappa shape index (κ1) is 15.7. The molecule has 2 N–H and O–H groups in total. The lowest BCUT2D eigenvalue weighted by Crippen LogP contribution is -2.60. The molecule has 21 heavy (non-hydrogen) atoms. The Hall–Kier alpha value is -0.160. The number of hydrogen-bond acceptors (Lipinski definition) is 4. The molecule has 4 heteroatoms. The van der Waals surface area contributed by atoms with Crippen molar-refractivity contribution in [3.05, 3.63) is 0 Å². The van der Waals surface area contributed by atoms with Crippen molar-refractivity contribution in [1.82, 2.24) is 9.80 Å². The van der Waals surface area contributed by atoms with Gasteiger partial charge in [0.15, 0.2) is 0 Å². The van der Waals surface area contributed by atoms with E-state index in [1.54, 1.807) is 0 Å². The van der Waals surface area contributed by atoms with E-state index in [0.717, 1.165) is 38.1 Å². The van der Waals surface area contributed by atoms with Crippen LogP contribution in [0.15, 0.2) is 0 Å². The lowest BCUT2D eigenvalue weighted by molar-refractivity contribution is -0.0755. The van der Waals surface area contributed by atoms with Crippen LogP contribution in [0.2, 0.25) is 0 Å². The van der Waals surface area contributed by atoms with E-state index in [4.69, 9.17) is 10.5 Å². The van der Waals surface area contributed by atoms with E-state index in [1.165, 1.54) is 45.2 Å². The van der Waals surface area contributed by atoms with Crippen molar-refractivity contribution in [2.45, 2.75) is 75.6 Å². The Morgan fingerprint density at radius 1 is 1.24 bits per heavy atom. The SMILES string of the molecule is CCCC1CC(CN)(N2CCC3CCC(C2)N3C)CCO1. The molecule has 3 aliphatic rings. The van der Waals surface area contributed by atoms with Gasteiger partial charge in [0.25, 0.3) is 0 Å². The van der Waals surface area contributed by atoms with E-state index in [9.17, 15) is 0 Å². The molecule has 3 rings (SSSR count). The molecule has 0 aromatic carbocycles. The van der Waals surface area contributed by atoms with Crippen molar-refractivity contribution < 1.29 is 4.74 Å². The van der Waals surface area contributed by atoms with Gasteiger partial charge in [0, 0.05) is 43.9 Å². The van der Waals surface area contributed by atoms with Crippen LogP contribution in [-0.4, -0.2) is 66.8 Å². The minimum atomic E-state index is 0.198. The normalized spacial score (nSPS) is 42.1. The third-order valence-corrected chi connectivity index (χ3v) is 6.34. The lowest BCUT2D eigenvalue weighted by atomic mass is 9.82. The summed E-state index contributed by atoms with van der Waals surface area (Å²) in [6.45, 7) is 6.37. The smallest absolute Gasteiger partial charge is 0.0593 e. The maximum absolute atomic E-state index is 6.30. The zero-order chi connectivity index (χ0) is 14.9. The minimum absolute atomic E-state index is 0.198. The molecule has 4 unspecified atom stereocenters. The quantitative estimate of drug-likeness (QED) is 0.859. The van der Waals surface area contributed by atoms with Gasteiger partial charge in [-0.15, -0.1) is 0 Å². The molecule has 0 aromatic heterocycles. The van der Waals surface area contributed by atoms with Gasteiger partial charge in [0.1, 0.15) is 0 Å². The Morgan fingerprint density at radius 2 is 2.05 bits per heavy atom. The van der Waals surface area contributed by atoms with Crippen LogP contribution in [0.1, 0.15) is 51.9 Å². The van der Waals surface area contributed by atoms with Crippen molar-refractivity contribution in [2.24, 2.45) is 5.73 Å². The molecule has 0 amide bonds. The van der Waals surface area contributed by atoms with Crippen LogP contribution in [-0.2, 0) is 4.74 Å². The lowest BCUT2D eigenvalue weighted by Gasteiger charge is -2.49. The second-order valence-corrected chi connectivity index (χ2v) is 7.45. The number of nitrogens with two attached hydrogens (primary N) is 1. The number of nitrogens with zero attached hydrogens (tertiary/aromatic N) is 2. The summed E-state index contributed by atoms with van der Waals surface area (Å²) in [5, 5.41) is 0. The third-order valence-electron chi connectivity index (χ3n) is 6.34. The van der Waals surface area contributed by atoms with E-state index in [1.807, 2.05) is 0 Å². The zero-order valence-corrected chi connectivity index (χ0v) is 13.9. The summed E-state index contributed by atoms with van der Waals surface area (Å²) in [4.78, 5) is 5.38. The summed E-state index contributed by atoms with van der Waals surface area (Å²) in [5.41, 5.74) is 6.50. The maximum atomic E-state index is 6.30. The topological polar surface area (TPSA) is 41.7 Å². The van der Waals surface area contributed by atoms with Crippen LogP contribution >= 0.6 is 0 Å². The summed E-state index contributed by atoms with van der Waals surface area (Å²) in [5.74, 6) is 0. The Balaban J connectivity index is 1.73. The molecule has 3 fully saturated rings. The highest BCUT2D eigenvalue weighted by molar-refractivity contribution is 5.01. The van der Waals surface area contributed by atoms with E-state index in [2.05, 4.69) is 23.8 Å². The predicted octanol–water partition coefficient (Wildman–Crippen LogP) is 1.83. The fourth-order valence-corrected chi connectivity index (χ4v) is 4.85. The van der Waals surface area contributed by atoms with Gasteiger partial charge in [-0.25, -0.2) is 0 Å². The van der Waals surface area contributed by atoms with E-state index < -0.39 is 0 Å². The van der Waals surface area contributed by atoms with Crippen molar-refractivity contribution in [3.63, 3.8) is 0 Å². The number of rotatable bonds is 4. The highest BCUT2D eigenvalue weighted by atomic mass is 16.5. The Labute approximate surface area is 130 Å². The Kier molecular flexibility index (Phi) is 4.89. The van der Waals surface area contributed by atoms with Crippen LogP contribution < -0.4 is 5.73 Å². The fraction of sp³-hybridized carbons (Fsp3) is 1.00. The summed E-state index contributed by atoms with van der Waals surface area (Å²) in [6, 6.07) is 1.55. The molecule has 4 atom stereocenters. The number of likely N-dealkylation sites (N-methyl/N-ethyl adjacent to an activating group) is 1. The van der Waals surface area contributed by atoms with Crippen molar-refractivity contribution in [1.29, 1.82) is 0 Å². The molecule has 0 radical (unpaired) electrons. The van der Waals surface area contributed by atoms with Gasteiger partial charge in [-0.2, -0.15) is 0 Å². The van der Waals surface area contributed by atoms with Crippen LogP contribution in [0.25, 0.3) is 0 Å². The van der Waals surface area contributed by atoms with Crippen LogP contribution in [0.3, 0.4) is 0 Å². The van der Waals surface area contributed by atoms with Gasteiger partial charge in [0.05, 0.1) is 6.10 Å². The van der Waals surface area contributed by atoms with Gasteiger partial charge >= 0.3 is 0 Å². The second kappa shape index (κ2) is 6.53. The van der Waals surface area contributed by atoms with Crippen LogP contribution in [0, 0.1) is 0 Å². The first-order valence-electron chi connectivity index (χ1n) is 8.97. The maximum Gasteiger partial charge on any atom is 0.0593 e. The van der Waals surface area contributed by atoms with Gasteiger partial charge in [0.2, 0.25) is 0 Å². The molecule has 3 saturated heterocycles. The molecule has 122 valence electrons. The van der Waals surface area contributed by atoms with E-state index in [-0.39, 0.29) is 5.54 Å². The summed E-state index contributed by atoms with van der Waals surface area (Å²) >= 11 is 0. The number of ether oxygens (including phenoxy) is 1. The fourth-order valence-electron chi connectivity index (χ4n) is 4.85. The van der Waals surface area contributed by atoms with Crippen LogP contribution in [0.5, 0.6) is 0 Å². The van der Waals surface area contributed by atoms with Crippen molar-refractivity contribution in [3.8, 4) is 0 Å². The standard InChI is InChI=1S/C17H33N3O/c1-3-4-16-11-17(13-18,8-10-21-16)20-9-7-14-5-6-15(12-20)19(14)2/h14-16H,3-13,18H2,1-2H3. The van der Waals surface area contributed by atoms with Gasteiger partial charge in [-0.1, -0.05) is 13.3 Å². The third kappa shape index (κ3) is 3.00. The highest BCUT2D eigenvalue weighted by Gasteiger charge is 2.44. The van der Waals surface area contributed by atoms with E-state index >= 15 is 0 Å². The Morgan fingerprint density at radius 3 is 2.81 bits per heavy atom. The number of fused-ring (bicyclic) bond motifs is 2. The summed E-state index contributed by atoms with van der Waals surface area (Å²) < 4.78 is 5.99. The number of hydrogen-bond donors (Lipinski definition) is 1. The largest absolute Gasteiger partial charge is 0.378 e. The van der Waals surface area contributed by atoms with E-state index in [0.29, 0.717) is 6.10 Å². The number of likely N-dealkylation sites (tertiary alicyclic amines) is 1. The molecule has 0 saturated carbocycles. The molecule has 0 aromatic rings. The molecule has 3 heterocycles. The van der Waals surface area contributed by atoms with Gasteiger partial charge in [-0.05, 0) is 45.6 Å². The zero-order valence-electron chi connectivity index (χ0n) is 13.9. The van der Waals surface area contributed by atoms with Gasteiger partial charge in [-0.3, -0.25) is 9.80 Å². The molecule has 0 aliphatic carbocycles. The minimum Gasteiger partial charge on any atom is -0.378 e. The monoisotopic (exact) mass is 295 g/mol. The summed E-state index contributed by atoms with van der Waals surface area (Å²) in [6.07, 6.45) is 9.14. The molecule has 2 bridgehead atoms. The second-order valence-electron chi connectivity index (χ2n) is 7.45. The first-order chi connectivity index (χ1) is 10.2. The average molecular weight is 295 g/mol. The van der Waals surface area contributed by atoms with Gasteiger partial charge < -0.3 is 10.5 Å². The molecule has 4 nitrogen and oxygen atoms in total. The highest BCUT2D eigenvalue weighted by Crippen LogP contribution is 2.37. The molecule has 0 spiro atoms. The average Bonchev–Trinajstić information content (AvgIpc) is 2.72. The molecular formula is C17H33N3O. The molecule has 3 aliphatic heterocycles. The van der Waals surface area contributed by atoms with Crippen molar-refractivity contribution >= 4 is 0 Å². The van der Waals surface area contributed by atoms with Crippen molar-refractivity contribution in [2.75, 3.05) is 33.3 Å². The van der Waals surface area contributed by atoms with Crippen LogP contribution in [0.4, 0.5) is 0 Å². The first-order valence-corrected chi connectivity index (χ1v) is 8.97.